The van der Waals surface area contributed by atoms with E-state index >= 15 is 0 Å². The Kier molecular flexibility index (Phi) is 7.11. The fourth-order valence-corrected chi connectivity index (χ4v) is 2.77. The maximum absolute atomic E-state index is 5.81. The molecule has 0 aliphatic carbocycles. The van der Waals surface area contributed by atoms with Crippen LogP contribution in [0.3, 0.4) is 0 Å². The lowest BCUT2D eigenvalue weighted by Gasteiger charge is -2.26. The number of benzene rings is 1. The Morgan fingerprint density at radius 3 is 2.53 bits per heavy atom. The van der Waals surface area contributed by atoms with Gasteiger partial charge in [-0.25, -0.2) is 0 Å². The maximum Gasteiger partial charge on any atom is 0.0279 e. The Morgan fingerprint density at radius 2 is 1.95 bits per heavy atom. The summed E-state index contributed by atoms with van der Waals surface area (Å²) in [6, 6.07) is 7.08. The number of nitrogens with one attached hydrogen (secondary N) is 1. The predicted octanol–water partition coefficient (Wildman–Crippen LogP) is 3.89. The van der Waals surface area contributed by atoms with Gasteiger partial charge in [-0.2, -0.15) is 0 Å². The molecular formula is C17H30N2. The van der Waals surface area contributed by atoms with Gasteiger partial charge in [-0.1, -0.05) is 56.9 Å². The van der Waals surface area contributed by atoms with Crippen LogP contribution in [-0.2, 0) is 6.42 Å². The summed E-state index contributed by atoms with van der Waals surface area (Å²) in [4.78, 5) is 0. The molecule has 0 heterocycles. The van der Waals surface area contributed by atoms with Crippen molar-refractivity contribution < 1.29 is 0 Å². The molecule has 0 saturated carbocycles. The van der Waals surface area contributed by atoms with Crippen molar-refractivity contribution in [2.45, 2.75) is 65.8 Å². The Bertz CT molecular complexity index is 374. The van der Waals surface area contributed by atoms with E-state index in [-0.39, 0.29) is 0 Å². The Morgan fingerprint density at radius 1 is 1.21 bits per heavy atom. The van der Waals surface area contributed by atoms with E-state index in [1.807, 2.05) is 0 Å². The van der Waals surface area contributed by atoms with Gasteiger partial charge in [0.2, 0.25) is 0 Å². The zero-order valence-corrected chi connectivity index (χ0v) is 13.0. The van der Waals surface area contributed by atoms with Gasteiger partial charge in [0.25, 0.3) is 0 Å². The Labute approximate surface area is 118 Å². The van der Waals surface area contributed by atoms with Crippen LogP contribution in [-0.4, -0.2) is 6.04 Å². The smallest absolute Gasteiger partial charge is 0.0279 e. The lowest BCUT2D eigenvalue weighted by molar-refractivity contribution is 0.318. The molecule has 2 atom stereocenters. The average Bonchev–Trinajstić information content (AvgIpc) is 2.41. The molecule has 0 amide bonds. The number of hydrogen-bond acceptors (Lipinski definition) is 2. The summed E-state index contributed by atoms with van der Waals surface area (Å²) < 4.78 is 0. The Balaban J connectivity index is 2.76. The highest BCUT2D eigenvalue weighted by Crippen LogP contribution is 2.21. The summed E-state index contributed by atoms with van der Waals surface area (Å²) in [7, 11) is 0. The van der Waals surface area contributed by atoms with Gasteiger partial charge in [0, 0.05) is 6.04 Å². The van der Waals surface area contributed by atoms with Gasteiger partial charge >= 0.3 is 0 Å². The summed E-state index contributed by atoms with van der Waals surface area (Å²) in [6.45, 7) is 8.87. The second-order valence-corrected chi connectivity index (χ2v) is 5.72. The van der Waals surface area contributed by atoms with Gasteiger partial charge in [-0.3, -0.25) is 11.3 Å². The first-order valence-corrected chi connectivity index (χ1v) is 7.64. The summed E-state index contributed by atoms with van der Waals surface area (Å²) in [5.74, 6) is 6.48. The van der Waals surface area contributed by atoms with Crippen LogP contribution in [0.2, 0.25) is 0 Å². The zero-order chi connectivity index (χ0) is 14.3. The third-order valence-corrected chi connectivity index (χ3v) is 4.18. The molecule has 1 aromatic carbocycles. The first-order chi connectivity index (χ1) is 9.12. The molecular weight excluding hydrogens is 232 g/mol. The molecule has 0 spiro atoms. The second kappa shape index (κ2) is 8.34. The molecule has 2 heteroatoms. The topological polar surface area (TPSA) is 38.0 Å². The number of nitrogens with two attached hydrogens (primary N) is 1. The van der Waals surface area contributed by atoms with Crippen LogP contribution in [0.25, 0.3) is 0 Å². The van der Waals surface area contributed by atoms with Gasteiger partial charge in [-0.15, -0.1) is 0 Å². The minimum Gasteiger partial charge on any atom is -0.271 e. The van der Waals surface area contributed by atoms with E-state index in [0.29, 0.717) is 12.0 Å². The molecule has 0 aromatic heterocycles. The molecule has 0 bridgehead atoms. The average molecular weight is 262 g/mol. The number of hydrazine groups is 1. The molecule has 19 heavy (non-hydrogen) atoms. The summed E-state index contributed by atoms with van der Waals surface area (Å²) in [5, 5.41) is 0. The van der Waals surface area contributed by atoms with Gasteiger partial charge in [0.1, 0.15) is 0 Å². The fourth-order valence-electron chi connectivity index (χ4n) is 2.77. The standard InChI is InChI=1S/C17H30N2/c1-5-7-8-15(6-2)17(19-18)12-16-11-13(3)9-10-14(16)4/h9-11,15,17,19H,5-8,12,18H2,1-4H3. The number of aryl methyl sites for hydroxylation is 2. The van der Waals surface area contributed by atoms with Crippen molar-refractivity contribution in [3.63, 3.8) is 0 Å². The van der Waals surface area contributed by atoms with Crippen LogP contribution in [0.1, 0.15) is 56.2 Å². The molecule has 2 nitrogen and oxygen atoms in total. The highest BCUT2D eigenvalue weighted by molar-refractivity contribution is 5.31. The fraction of sp³-hybridized carbons (Fsp3) is 0.647. The SMILES string of the molecule is CCCCC(CC)C(Cc1cc(C)ccc1C)NN. The van der Waals surface area contributed by atoms with E-state index < -0.39 is 0 Å². The van der Waals surface area contributed by atoms with Gasteiger partial charge in [-0.05, 0) is 43.7 Å². The van der Waals surface area contributed by atoms with E-state index in [1.54, 1.807) is 0 Å². The minimum atomic E-state index is 0.386. The second-order valence-electron chi connectivity index (χ2n) is 5.72. The lowest BCUT2D eigenvalue weighted by atomic mass is 9.86. The van der Waals surface area contributed by atoms with Crippen molar-refractivity contribution in [2.24, 2.45) is 11.8 Å². The van der Waals surface area contributed by atoms with E-state index in [1.165, 1.54) is 42.4 Å². The van der Waals surface area contributed by atoms with Gasteiger partial charge in [0.05, 0.1) is 0 Å². The lowest BCUT2D eigenvalue weighted by Crippen LogP contribution is -2.42. The van der Waals surface area contributed by atoms with Crippen LogP contribution in [0, 0.1) is 19.8 Å². The third kappa shape index (κ3) is 4.96. The van der Waals surface area contributed by atoms with Crippen LogP contribution in [0.15, 0.2) is 18.2 Å². The zero-order valence-electron chi connectivity index (χ0n) is 13.0. The van der Waals surface area contributed by atoms with Crippen LogP contribution in [0.4, 0.5) is 0 Å². The molecule has 0 aliphatic rings. The van der Waals surface area contributed by atoms with E-state index in [4.69, 9.17) is 5.84 Å². The molecule has 1 rings (SSSR count). The largest absolute Gasteiger partial charge is 0.271 e. The van der Waals surface area contributed by atoms with Crippen molar-refractivity contribution in [1.29, 1.82) is 0 Å². The molecule has 0 radical (unpaired) electrons. The van der Waals surface area contributed by atoms with Crippen molar-refractivity contribution in [1.82, 2.24) is 5.43 Å². The molecule has 0 fully saturated rings. The van der Waals surface area contributed by atoms with Gasteiger partial charge in [0.15, 0.2) is 0 Å². The summed E-state index contributed by atoms with van der Waals surface area (Å²) in [6.07, 6.45) is 6.06. The highest BCUT2D eigenvalue weighted by atomic mass is 15.2. The minimum absolute atomic E-state index is 0.386. The van der Waals surface area contributed by atoms with Crippen LogP contribution in [0.5, 0.6) is 0 Å². The molecule has 0 saturated heterocycles. The summed E-state index contributed by atoms with van der Waals surface area (Å²) >= 11 is 0. The molecule has 3 N–H and O–H groups in total. The molecule has 2 unspecified atom stereocenters. The van der Waals surface area contributed by atoms with Crippen LogP contribution >= 0.6 is 0 Å². The first-order valence-electron chi connectivity index (χ1n) is 7.64. The highest BCUT2D eigenvalue weighted by Gasteiger charge is 2.19. The van der Waals surface area contributed by atoms with Crippen molar-refractivity contribution in [2.75, 3.05) is 0 Å². The summed E-state index contributed by atoms with van der Waals surface area (Å²) in [5.41, 5.74) is 7.19. The van der Waals surface area contributed by atoms with Crippen molar-refractivity contribution in [3.05, 3.63) is 34.9 Å². The van der Waals surface area contributed by atoms with Gasteiger partial charge < -0.3 is 0 Å². The van der Waals surface area contributed by atoms with E-state index in [2.05, 4.69) is 51.3 Å². The third-order valence-electron chi connectivity index (χ3n) is 4.18. The predicted molar refractivity (Wildman–Crippen MR) is 84.0 cm³/mol. The molecule has 108 valence electrons. The molecule has 1 aromatic rings. The van der Waals surface area contributed by atoms with Crippen LogP contribution < -0.4 is 11.3 Å². The molecule has 0 aliphatic heterocycles. The number of rotatable bonds is 8. The Hall–Kier alpha value is -0.860. The van der Waals surface area contributed by atoms with E-state index in [9.17, 15) is 0 Å². The normalized spacial score (nSPS) is 14.4. The number of unbranched alkanes of at least 4 members (excludes halogenated alkanes) is 1. The monoisotopic (exact) mass is 262 g/mol. The number of hydrogen-bond donors (Lipinski definition) is 2. The van der Waals surface area contributed by atoms with Crippen molar-refractivity contribution >= 4 is 0 Å². The van der Waals surface area contributed by atoms with E-state index in [0.717, 1.165) is 6.42 Å². The first kappa shape index (κ1) is 16.2. The maximum atomic E-state index is 5.81. The van der Waals surface area contributed by atoms with Crippen molar-refractivity contribution in [3.8, 4) is 0 Å². The quantitative estimate of drug-likeness (QED) is 0.551.